The van der Waals surface area contributed by atoms with E-state index in [-0.39, 0.29) is 11.8 Å². The van der Waals surface area contributed by atoms with Gasteiger partial charge in [0.15, 0.2) is 0 Å². The van der Waals surface area contributed by atoms with Crippen molar-refractivity contribution in [2.75, 3.05) is 18.1 Å². The van der Waals surface area contributed by atoms with E-state index in [1.165, 1.54) is 5.39 Å². The Hall–Kier alpha value is -4.64. The molecule has 0 N–H and O–H groups in total. The fourth-order valence-electron chi connectivity index (χ4n) is 5.71. The monoisotopic (exact) mass is 497 g/mol. The summed E-state index contributed by atoms with van der Waals surface area (Å²) in [5.41, 5.74) is 2.99. The van der Waals surface area contributed by atoms with Crippen molar-refractivity contribution in [3.8, 4) is 5.75 Å². The Morgan fingerprint density at radius 2 is 1.55 bits per heavy atom. The lowest BCUT2D eigenvalue weighted by atomic mass is 10.1. The van der Waals surface area contributed by atoms with Crippen LogP contribution in [0.4, 0.5) is 5.69 Å². The molecule has 1 aliphatic heterocycles. The third kappa shape index (κ3) is 3.97. The number of fused-ring (bicyclic) bond motifs is 3. The van der Waals surface area contributed by atoms with Gasteiger partial charge in [-0.05, 0) is 46.5 Å². The standard InChI is InChI=1S/C33H27N3O2/c37-32-21-26(22-36(32)30-15-7-11-24-9-3-4-12-28(24)30)33-34-29-13-5-6-14-31(29)35(33)18-19-38-27-17-16-23-8-1-2-10-25(23)20-27/h1-17,20,26H,18-19,21-22H2. The van der Waals surface area contributed by atoms with E-state index in [9.17, 15) is 4.79 Å². The summed E-state index contributed by atoms with van der Waals surface area (Å²) >= 11 is 0. The predicted molar refractivity (Wildman–Crippen MR) is 153 cm³/mol. The van der Waals surface area contributed by atoms with E-state index in [0.29, 0.717) is 26.1 Å². The fraction of sp³-hybridized carbons (Fsp3) is 0.152. The molecule has 5 heteroatoms. The van der Waals surface area contributed by atoms with Crippen molar-refractivity contribution in [1.29, 1.82) is 0 Å². The number of hydrogen-bond donors (Lipinski definition) is 0. The zero-order valence-electron chi connectivity index (χ0n) is 21.0. The van der Waals surface area contributed by atoms with Gasteiger partial charge in [-0.2, -0.15) is 0 Å². The molecule has 0 radical (unpaired) electrons. The van der Waals surface area contributed by atoms with Crippen LogP contribution in [0.25, 0.3) is 32.6 Å². The first kappa shape index (κ1) is 22.5. The van der Waals surface area contributed by atoms with Crippen LogP contribution in [0.2, 0.25) is 0 Å². The maximum Gasteiger partial charge on any atom is 0.227 e. The fourth-order valence-corrected chi connectivity index (χ4v) is 5.71. The van der Waals surface area contributed by atoms with Crippen LogP contribution < -0.4 is 9.64 Å². The van der Waals surface area contributed by atoms with Gasteiger partial charge in [0.05, 0.1) is 23.3 Å². The van der Waals surface area contributed by atoms with Crippen molar-refractivity contribution >= 4 is 44.2 Å². The molecule has 1 unspecified atom stereocenters. The van der Waals surface area contributed by atoms with E-state index in [4.69, 9.17) is 9.72 Å². The van der Waals surface area contributed by atoms with Crippen molar-refractivity contribution in [3.63, 3.8) is 0 Å². The van der Waals surface area contributed by atoms with E-state index in [1.54, 1.807) is 0 Å². The van der Waals surface area contributed by atoms with Gasteiger partial charge in [-0.1, -0.05) is 78.9 Å². The van der Waals surface area contributed by atoms with E-state index in [0.717, 1.165) is 44.5 Å². The van der Waals surface area contributed by atoms with E-state index in [1.807, 2.05) is 65.6 Å². The third-order valence-electron chi connectivity index (χ3n) is 7.54. The summed E-state index contributed by atoms with van der Waals surface area (Å²) in [5, 5.41) is 4.60. The summed E-state index contributed by atoms with van der Waals surface area (Å²) in [7, 11) is 0. The highest BCUT2D eigenvalue weighted by molar-refractivity contribution is 6.05. The molecule has 1 aromatic heterocycles. The number of carbonyl (C=O) groups is 1. The second-order valence-corrected chi connectivity index (χ2v) is 9.87. The second-order valence-electron chi connectivity index (χ2n) is 9.87. The van der Waals surface area contributed by atoms with Crippen molar-refractivity contribution in [2.45, 2.75) is 18.9 Å². The number of nitrogens with zero attached hydrogens (tertiary/aromatic N) is 3. The Labute approximate surface area is 220 Å². The Balaban J connectivity index is 1.17. The van der Waals surface area contributed by atoms with Gasteiger partial charge >= 0.3 is 0 Å². The van der Waals surface area contributed by atoms with Crippen molar-refractivity contribution in [3.05, 3.63) is 115 Å². The number of para-hydroxylation sites is 2. The molecule has 38 heavy (non-hydrogen) atoms. The van der Waals surface area contributed by atoms with Crippen LogP contribution in [0.15, 0.2) is 109 Å². The van der Waals surface area contributed by atoms with Crippen LogP contribution in [-0.4, -0.2) is 28.6 Å². The first-order chi connectivity index (χ1) is 18.7. The van der Waals surface area contributed by atoms with Crippen LogP contribution in [0.5, 0.6) is 5.75 Å². The molecule has 7 rings (SSSR count). The average molecular weight is 498 g/mol. The number of imidazole rings is 1. The highest BCUT2D eigenvalue weighted by Crippen LogP contribution is 2.36. The molecular weight excluding hydrogens is 470 g/mol. The summed E-state index contributed by atoms with van der Waals surface area (Å²) in [6.45, 7) is 1.78. The summed E-state index contributed by atoms with van der Waals surface area (Å²) in [4.78, 5) is 20.2. The first-order valence-electron chi connectivity index (χ1n) is 13.1. The smallest absolute Gasteiger partial charge is 0.227 e. The van der Waals surface area contributed by atoms with Crippen LogP contribution in [0, 0.1) is 0 Å². The maximum atomic E-state index is 13.3. The zero-order chi connectivity index (χ0) is 25.5. The molecule has 5 aromatic carbocycles. The largest absolute Gasteiger partial charge is 0.492 e. The van der Waals surface area contributed by atoms with Crippen molar-refractivity contribution in [1.82, 2.24) is 9.55 Å². The molecule has 1 saturated heterocycles. The summed E-state index contributed by atoms with van der Waals surface area (Å²) < 4.78 is 8.42. The second kappa shape index (κ2) is 9.34. The molecule has 0 spiro atoms. The van der Waals surface area contributed by atoms with E-state index >= 15 is 0 Å². The minimum Gasteiger partial charge on any atom is -0.492 e. The Kier molecular flexibility index (Phi) is 5.54. The predicted octanol–water partition coefficient (Wildman–Crippen LogP) is 6.94. The van der Waals surface area contributed by atoms with Gasteiger partial charge in [0.25, 0.3) is 0 Å². The Bertz CT molecular complexity index is 1800. The van der Waals surface area contributed by atoms with Crippen LogP contribution >= 0.6 is 0 Å². The molecule has 1 atom stereocenters. The van der Waals surface area contributed by atoms with Gasteiger partial charge in [0.2, 0.25) is 5.91 Å². The number of anilines is 1. The van der Waals surface area contributed by atoms with E-state index < -0.39 is 0 Å². The molecule has 0 aliphatic carbocycles. The first-order valence-corrected chi connectivity index (χ1v) is 13.1. The van der Waals surface area contributed by atoms with Crippen molar-refractivity contribution < 1.29 is 9.53 Å². The van der Waals surface area contributed by atoms with E-state index in [2.05, 4.69) is 53.1 Å². The summed E-state index contributed by atoms with van der Waals surface area (Å²) in [6, 6.07) is 37.1. The Morgan fingerprint density at radius 1 is 0.789 bits per heavy atom. The number of amides is 1. The molecule has 1 aliphatic rings. The van der Waals surface area contributed by atoms with Crippen LogP contribution in [0.3, 0.4) is 0 Å². The molecule has 5 nitrogen and oxygen atoms in total. The number of carbonyl (C=O) groups excluding carboxylic acids is 1. The average Bonchev–Trinajstić information content (AvgIpc) is 3.53. The zero-order valence-corrected chi connectivity index (χ0v) is 21.0. The molecule has 0 saturated carbocycles. The number of benzene rings is 5. The summed E-state index contributed by atoms with van der Waals surface area (Å²) in [5.74, 6) is 1.95. The number of rotatable bonds is 6. The van der Waals surface area contributed by atoms with Gasteiger partial charge < -0.3 is 14.2 Å². The van der Waals surface area contributed by atoms with Gasteiger partial charge in [0, 0.05) is 24.3 Å². The summed E-state index contributed by atoms with van der Waals surface area (Å²) in [6.07, 6.45) is 0.443. The molecule has 1 amide bonds. The minimum absolute atomic E-state index is 0.00883. The Morgan fingerprint density at radius 3 is 2.47 bits per heavy atom. The topological polar surface area (TPSA) is 47.4 Å². The third-order valence-corrected chi connectivity index (χ3v) is 7.54. The molecule has 186 valence electrons. The highest BCUT2D eigenvalue weighted by Gasteiger charge is 2.35. The quantitative estimate of drug-likeness (QED) is 0.250. The number of ether oxygens (including phenoxy) is 1. The molecule has 2 heterocycles. The van der Waals surface area contributed by atoms with Crippen LogP contribution in [0.1, 0.15) is 18.2 Å². The van der Waals surface area contributed by atoms with Crippen LogP contribution in [-0.2, 0) is 11.3 Å². The highest BCUT2D eigenvalue weighted by atomic mass is 16.5. The lowest BCUT2D eigenvalue weighted by Gasteiger charge is -2.19. The van der Waals surface area contributed by atoms with Gasteiger partial charge in [-0.3, -0.25) is 4.79 Å². The molecule has 0 bridgehead atoms. The van der Waals surface area contributed by atoms with Gasteiger partial charge in [-0.25, -0.2) is 4.98 Å². The number of aromatic nitrogens is 2. The number of hydrogen-bond acceptors (Lipinski definition) is 3. The molecule has 1 fully saturated rings. The maximum absolute atomic E-state index is 13.3. The van der Waals surface area contributed by atoms with Gasteiger partial charge in [-0.15, -0.1) is 0 Å². The normalized spacial score (nSPS) is 15.6. The minimum atomic E-state index is 0.00883. The SMILES string of the molecule is O=C1CC(c2nc3ccccc3n2CCOc2ccc3ccccc3c2)CN1c1cccc2ccccc12. The molecule has 6 aromatic rings. The lowest BCUT2D eigenvalue weighted by molar-refractivity contribution is -0.117. The van der Waals surface area contributed by atoms with Crippen molar-refractivity contribution in [2.24, 2.45) is 0 Å². The van der Waals surface area contributed by atoms with Gasteiger partial charge in [0.1, 0.15) is 18.2 Å². The lowest BCUT2D eigenvalue weighted by Crippen LogP contribution is -2.25. The molecular formula is C33H27N3O2.